The zero-order valence-electron chi connectivity index (χ0n) is 9.22. The van der Waals surface area contributed by atoms with Crippen LogP contribution < -0.4 is 5.32 Å². The number of halogens is 4. The van der Waals surface area contributed by atoms with E-state index in [1.54, 1.807) is 0 Å². The second-order valence-electron chi connectivity index (χ2n) is 3.62. The quantitative estimate of drug-likeness (QED) is 0.810. The molecule has 0 amide bonds. The van der Waals surface area contributed by atoms with Gasteiger partial charge in [-0.1, -0.05) is 11.6 Å². The van der Waals surface area contributed by atoms with Crippen molar-refractivity contribution in [2.45, 2.75) is 19.0 Å². The van der Waals surface area contributed by atoms with Crippen LogP contribution in [0.5, 0.6) is 0 Å². The molecule has 1 rings (SSSR count). The van der Waals surface area contributed by atoms with Crippen LogP contribution >= 0.6 is 11.6 Å². The molecule has 0 aliphatic carbocycles. The Balaban J connectivity index is 2.60. The molecular formula is C11H11ClF3NO2. The van der Waals surface area contributed by atoms with Crippen LogP contribution in [0.3, 0.4) is 0 Å². The number of carboxylic acids is 1. The van der Waals surface area contributed by atoms with Gasteiger partial charge in [0.2, 0.25) is 0 Å². The van der Waals surface area contributed by atoms with Gasteiger partial charge in [0.25, 0.3) is 0 Å². The predicted octanol–water partition coefficient (Wildman–Crippen LogP) is 3.64. The van der Waals surface area contributed by atoms with Gasteiger partial charge >= 0.3 is 12.1 Å². The number of carboxylic acid groups (broad SMARTS) is 1. The summed E-state index contributed by atoms with van der Waals surface area (Å²) in [7, 11) is 0. The van der Waals surface area contributed by atoms with E-state index in [4.69, 9.17) is 16.7 Å². The van der Waals surface area contributed by atoms with Crippen LogP contribution in [0.2, 0.25) is 5.02 Å². The van der Waals surface area contributed by atoms with Crippen molar-refractivity contribution in [2.75, 3.05) is 11.9 Å². The molecule has 1 aromatic carbocycles. The van der Waals surface area contributed by atoms with Gasteiger partial charge in [-0.15, -0.1) is 0 Å². The molecule has 0 fully saturated rings. The lowest BCUT2D eigenvalue weighted by molar-refractivity contribution is -0.138. The Hall–Kier alpha value is -1.43. The number of alkyl halides is 3. The van der Waals surface area contributed by atoms with E-state index in [1.165, 1.54) is 6.07 Å². The van der Waals surface area contributed by atoms with Crippen LogP contribution in [0.25, 0.3) is 0 Å². The van der Waals surface area contributed by atoms with Crippen LogP contribution in [0.15, 0.2) is 18.2 Å². The Bertz CT molecular complexity index is 435. The zero-order valence-corrected chi connectivity index (χ0v) is 9.98. The molecule has 2 N–H and O–H groups in total. The van der Waals surface area contributed by atoms with Crippen LogP contribution in [0, 0.1) is 0 Å². The number of nitrogens with one attached hydrogen (secondary N) is 1. The third-order valence-electron chi connectivity index (χ3n) is 2.18. The minimum absolute atomic E-state index is 0.00868. The first kappa shape index (κ1) is 14.6. The maximum absolute atomic E-state index is 12.4. The number of aliphatic carboxylic acids is 1. The maximum atomic E-state index is 12.4. The maximum Gasteiger partial charge on any atom is 0.416 e. The summed E-state index contributed by atoms with van der Waals surface area (Å²) >= 11 is 5.70. The summed E-state index contributed by atoms with van der Waals surface area (Å²) in [6, 6.07) is 2.98. The SMILES string of the molecule is O=C(O)CCCNc1ccc(C(F)(F)F)cc1Cl. The molecule has 0 bridgehead atoms. The molecule has 0 aromatic heterocycles. The molecule has 0 unspecified atom stereocenters. The van der Waals surface area contributed by atoms with E-state index in [1.807, 2.05) is 0 Å². The van der Waals surface area contributed by atoms with Gasteiger partial charge < -0.3 is 10.4 Å². The Morgan fingerprint density at radius 2 is 2.06 bits per heavy atom. The van der Waals surface area contributed by atoms with Crippen molar-refractivity contribution in [2.24, 2.45) is 0 Å². The van der Waals surface area contributed by atoms with Crippen molar-refractivity contribution in [3.05, 3.63) is 28.8 Å². The Morgan fingerprint density at radius 3 is 2.56 bits per heavy atom. The molecule has 0 saturated heterocycles. The lowest BCUT2D eigenvalue weighted by Crippen LogP contribution is -2.07. The number of hydrogen-bond donors (Lipinski definition) is 2. The number of rotatable bonds is 5. The molecular weight excluding hydrogens is 271 g/mol. The van der Waals surface area contributed by atoms with Gasteiger partial charge in [-0.25, -0.2) is 0 Å². The first-order valence-electron chi connectivity index (χ1n) is 5.13. The van der Waals surface area contributed by atoms with E-state index in [-0.39, 0.29) is 11.4 Å². The molecule has 0 aliphatic rings. The Morgan fingerprint density at radius 1 is 1.39 bits per heavy atom. The van der Waals surface area contributed by atoms with Crippen molar-refractivity contribution in [1.82, 2.24) is 0 Å². The monoisotopic (exact) mass is 281 g/mol. The summed E-state index contributed by atoms with van der Waals surface area (Å²) in [5.74, 6) is -0.921. The fourth-order valence-electron chi connectivity index (χ4n) is 1.30. The van der Waals surface area contributed by atoms with E-state index in [9.17, 15) is 18.0 Å². The predicted molar refractivity (Wildman–Crippen MR) is 61.8 cm³/mol. The lowest BCUT2D eigenvalue weighted by Gasteiger charge is -2.11. The summed E-state index contributed by atoms with van der Waals surface area (Å²) in [6.07, 6.45) is -4.07. The van der Waals surface area contributed by atoms with E-state index >= 15 is 0 Å². The van der Waals surface area contributed by atoms with Gasteiger partial charge in [0, 0.05) is 13.0 Å². The molecule has 3 nitrogen and oxygen atoms in total. The third kappa shape index (κ3) is 4.44. The molecule has 0 spiro atoms. The first-order chi connectivity index (χ1) is 8.30. The highest BCUT2D eigenvalue weighted by Crippen LogP contribution is 2.33. The summed E-state index contributed by atoms with van der Waals surface area (Å²) in [5, 5.41) is 11.2. The van der Waals surface area contributed by atoms with Gasteiger partial charge in [-0.05, 0) is 24.6 Å². The van der Waals surface area contributed by atoms with E-state index in [0.29, 0.717) is 18.7 Å². The summed E-state index contributed by atoms with van der Waals surface area (Å²) in [5.41, 5.74) is -0.460. The average molecular weight is 282 g/mol. The van der Waals surface area contributed by atoms with Crippen molar-refractivity contribution < 1.29 is 23.1 Å². The van der Waals surface area contributed by atoms with Gasteiger partial charge in [0.15, 0.2) is 0 Å². The molecule has 0 atom stereocenters. The van der Waals surface area contributed by atoms with Gasteiger partial charge in [-0.2, -0.15) is 13.2 Å². The Labute approximate surface area is 107 Å². The zero-order chi connectivity index (χ0) is 13.8. The largest absolute Gasteiger partial charge is 0.481 e. The fraction of sp³-hybridized carbons (Fsp3) is 0.364. The molecule has 0 radical (unpaired) electrons. The number of anilines is 1. The third-order valence-corrected chi connectivity index (χ3v) is 2.49. The molecule has 100 valence electrons. The lowest BCUT2D eigenvalue weighted by atomic mass is 10.2. The standard InChI is InChI=1S/C11H11ClF3NO2/c12-8-6-7(11(13,14)15)3-4-9(8)16-5-1-2-10(17)18/h3-4,6,16H,1-2,5H2,(H,17,18). The van der Waals surface area contributed by atoms with Crippen molar-refractivity contribution in [3.63, 3.8) is 0 Å². The van der Waals surface area contributed by atoms with Crippen molar-refractivity contribution in [3.8, 4) is 0 Å². The highest BCUT2D eigenvalue weighted by Gasteiger charge is 2.30. The normalized spacial score (nSPS) is 11.3. The second kappa shape index (κ2) is 5.95. The summed E-state index contributed by atoms with van der Waals surface area (Å²) in [6.45, 7) is 0.331. The van der Waals surface area contributed by atoms with E-state index < -0.39 is 17.7 Å². The topological polar surface area (TPSA) is 49.3 Å². The van der Waals surface area contributed by atoms with Crippen LogP contribution in [-0.4, -0.2) is 17.6 Å². The van der Waals surface area contributed by atoms with Gasteiger partial charge in [0.1, 0.15) is 0 Å². The van der Waals surface area contributed by atoms with Crippen molar-refractivity contribution in [1.29, 1.82) is 0 Å². The molecule has 0 heterocycles. The number of benzene rings is 1. The number of carbonyl (C=O) groups is 1. The molecule has 1 aromatic rings. The minimum Gasteiger partial charge on any atom is -0.481 e. The average Bonchev–Trinajstić information content (AvgIpc) is 2.24. The minimum atomic E-state index is -4.43. The van der Waals surface area contributed by atoms with Crippen LogP contribution in [0.4, 0.5) is 18.9 Å². The van der Waals surface area contributed by atoms with Gasteiger partial charge in [-0.3, -0.25) is 4.79 Å². The van der Waals surface area contributed by atoms with Crippen LogP contribution in [-0.2, 0) is 11.0 Å². The summed E-state index contributed by atoms with van der Waals surface area (Å²) < 4.78 is 37.1. The summed E-state index contributed by atoms with van der Waals surface area (Å²) in [4.78, 5) is 10.3. The van der Waals surface area contributed by atoms with E-state index in [2.05, 4.69) is 5.32 Å². The van der Waals surface area contributed by atoms with Crippen molar-refractivity contribution >= 4 is 23.3 Å². The Kier molecular flexibility index (Phi) is 4.84. The highest BCUT2D eigenvalue weighted by molar-refractivity contribution is 6.33. The smallest absolute Gasteiger partial charge is 0.416 e. The fourth-order valence-corrected chi connectivity index (χ4v) is 1.54. The van der Waals surface area contributed by atoms with Crippen LogP contribution in [0.1, 0.15) is 18.4 Å². The molecule has 7 heteroatoms. The number of hydrogen-bond acceptors (Lipinski definition) is 2. The molecule has 0 aliphatic heterocycles. The second-order valence-corrected chi connectivity index (χ2v) is 4.02. The van der Waals surface area contributed by atoms with Gasteiger partial charge in [0.05, 0.1) is 16.3 Å². The highest BCUT2D eigenvalue weighted by atomic mass is 35.5. The van der Waals surface area contributed by atoms with E-state index in [0.717, 1.165) is 12.1 Å². The first-order valence-corrected chi connectivity index (χ1v) is 5.51. The molecule has 18 heavy (non-hydrogen) atoms. The molecule has 0 saturated carbocycles.